The Morgan fingerprint density at radius 3 is 2.38 bits per heavy atom. The van der Waals surface area contributed by atoms with Gasteiger partial charge in [0.25, 0.3) is 0 Å². The van der Waals surface area contributed by atoms with Gasteiger partial charge in [0.2, 0.25) is 5.91 Å². The predicted octanol–water partition coefficient (Wildman–Crippen LogP) is 3.86. The first-order valence-electron chi connectivity index (χ1n) is 10.2. The minimum absolute atomic E-state index is 0.000373. The zero-order chi connectivity index (χ0) is 21.6. The first-order valence-corrected chi connectivity index (χ1v) is 13.2. The summed E-state index contributed by atoms with van der Waals surface area (Å²) in [7, 11) is -2.10. The van der Waals surface area contributed by atoms with Crippen molar-refractivity contribution in [1.82, 2.24) is 4.57 Å². The van der Waals surface area contributed by atoms with E-state index >= 15 is 0 Å². The van der Waals surface area contributed by atoms with Crippen molar-refractivity contribution in [2.24, 2.45) is 0 Å². The molecule has 1 aromatic carbocycles. The van der Waals surface area contributed by atoms with Gasteiger partial charge < -0.3 is 18.8 Å². The lowest BCUT2D eigenvalue weighted by molar-refractivity contribution is -0.172. The van der Waals surface area contributed by atoms with E-state index in [0.29, 0.717) is 6.42 Å². The standard InChI is InChI=1S/C22H33NO5Si/c1-21(2,3)29(6,7)23-16(13-17(23)24)18-19(28-22(4,5)27-18)20(25)26-14-15-11-9-8-10-12-15/h8-12,16,18-19H,13-14H2,1-7H3/t16-,18-,19-/m0/s1. The van der Waals surface area contributed by atoms with E-state index in [1.54, 1.807) is 13.8 Å². The largest absolute Gasteiger partial charge is 0.459 e. The molecule has 3 atom stereocenters. The number of ether oxygens (including phenoxy) is 3. The quantitative estimate of drug-likeness (QED) is 0.412. The summed E-state index contributed by atoms with van der Waals surface area (Å²) in [6, 6.07) is 9.37. The number of benzene rings is 1. The average molecular weight is 420 g/mol. The number of amides is 1. The molecule has 2 heterocycles. The molecule has 1 amide bonds. The molecular weight excluding hydrogens is 386 g/mol. The summed E-state index contributed by atoms with van der Waals surface area (Å²) in [6.45, 7) is 14.7. The predicted molar refractivity (Wildman–Crippen MR) is 113 cm³/mol. The van der Waals surface area contributed by atoms with Crippen molar-refractivity contribution >= 4 is 20.1 Å². The molecule has 2 saturated heterocycles. The Bertz CT molecular complexity index is 771. The van der Waals surface area contributed by atoms with E-state index in [9.17, 15) is 9.59 Å². The number of esters is 1. The number of β-lactam (4-membered cyclic amide) rings is 1. The number of nitrogens with zero attached hydrogens (tertiary/aromatic N) is 1. The van der Waals surface area contributed by atoms with Gasteiger partial charge in [-0.05, 0) is 24.4 Å². The van der Waals surface area contributed by atoms with Gasteiger partial charge in [-0.1, -0.05) is 64.2 Å². The molecule has 2 aliphatic rings. The molecule has 2 aliphatic heterocycles. The van der Waals surface area contributed by atoms with Crippen LogP contribution in [-0.2, 0) is 30.4 Å². The van der Waals surface area contributed by atoms with Gasteiger partial charge in [-0.3, -0.25) is 4.79 Å². The van der Waals surface area contributed by atoms with E-state index in [4.69, 9.17) is 14.2 Å². The highest BCUT2D eigenvalue weighted by atomic mass is 28.3. The molecule has 0 aliphatic carbocycles. The Morgan fingerprint density at radius 2 is 1.83 bits per heavy atom. The number of rotatable bonds is 5. The highest BCUT2D eigenvalue weighted by molar-refractivity contribution is 6.80. The summed E-state index contributed by atoms with van der Waals surface area (Å²) in [6.07, 6.45) is -1.00. The van der Waals surface area contributed by atoms with Crippen molar-refractivity contribution in [3.8, 4) is 0 Å². The van der Waals surface area contributed by atoms with Crippen LogP contribution in [0.2, 0.25) is 18.1 Å². The van der Waals surface area contributed by atoms with Crippen LogP contribution >= 0.6 is 0 Å². The molecule has 1 aromatic rings. The normalized spacial score (nSPS) is 26.9. The van der Waals surface area contributed by atoms with Gasteiger partial charge in [0.1, 0.15) is 12.7 Å². The molecule has 6 nitrogen and oxygen atoms in total. The molecule has 0 bridgehead atoms. The van der Waals surface area contributed by atoms with E-state index in [1.165, 1.54) is 0 Å². The summed E-state index contributed by atoms with van der Waals surface area (Å²) >= 11 is 0. The Kier molecular flexibility index (Phi) is 5.70. The topological polar surface area (TPSA) is 65.1 Å². The Labute approximate surface area is 174 Å². The van der Waals surface area contributed by atoms with Crippen LogP contribution in [0.5, 0.6) is 0 Å². The fraction of sp³-hybridized carbons (Fsp3) is 0.636. The summed E-state index contributed by atoms with van der Waals surface area (Å²) in [5.41, 5.74) is 0.914. The molecule has 3 rings (SSSR count). The molecule has 0 radical (unpaired) electrons. The van der Waals surface area contributed by atoms with Crippen LogP contribution in [0.1, 0.15) is 46.6 Å². The van der Waals surface area contributed by atoms with Gasteiger partial charge in [0.15, 0.2) is 20.1 Å². The monoisotopic (exact) mass is 419 g/mol. The fourth-order valence-corrected chi connectivity index (χ4v) is 6.36. The van der Waals surface area contributed by atoms with E-state index in [-0.39, 0.29) is 23.6 Å². The molecule has 0 spiro atoms. The van der Waals surface area contributed by atoms with Crippen molar-refractivity contribution in [3.05, 3.63) is 35.9 Å². The summed E-state index contributed by atoms with van der Waals surface area (Å²) < 4.78 is 19.6. The molecule has 0 saturated carbocycles. The zero-order valence-electron chi connectivity index (χ0n) is 18.5. The molecule has 7 heteroatoms. The van der Waals surface area contributed by atoms with Crippen LogP contribution in [-0.4, -0.2) is 48.7 Å². The molecule has 0 unspecified atom stereocenters. The highest BCUT2D eigenvalue weighted by Crippen LogP contribution is 2.46. The third-order valence-electron chi connectivity index (χ3n) is 6.39. The number of carbonyl (C=O) groups excluding carboxylic acids is 2. The maximum atomic E-state index is 12.9. The Morgan fingerprint density at radius 1 is 1.21 bits per heavy atom. The lowest BCUT2D eigenvalue weighted by Gasteiger charge is -2.56. The first kappa shape index (κ1) is 22.0. The van der Waals surface area contributed by atoms with Crippen molar-refractivity contribution < 1.29 is 23.8 Å². The number of hydrogen-bond donors (Lipinski definition) is 0. The van der Waals surface area contributed by atoms with Crippen LogP contribution in [0.25, 0.3) is 0 Å². The minimum Gasteiger partial charge on any atom is -0.459 e. The third-order valence-corrected chi connectivity index (χ3v) is 11.8. The van der Waals surface area contributed by atoms with Crippen molar-refractivity contribution in [3.63, 3.8) is 0 Å². The second-order valence-corrected chi connectivity index (χ2v) is 15.1. The SMILES string of the molecule is CC1(C)O[C@@H]([C@@H]2CC(=O)N2[Si](C)(C)C(C)(C)C)[C@@H](C(=O)OCc2ccccc2)O1. The molecule has 2 fully saturated rings. The molecule has 160 valence electrons. The molecule has 0 N–H and O–H groups in total. The maximum Gasteiger partial charge on any atom is 0.338 e. The van der Waals surface area contributed by atoms with E-state index in [0.717, 1.165) is 5.56 Å². The molecule has 29 heavy (non-hydrogen) atoms. The van der Waals surface area contributed by atoms with Gasteiger partial charge in [0, 0.05) is 6.42 Å². The minimum atomic E-state index is -2.10. The smallest absolute Gasteiger partial charge is 0.338 e. The van der Waals surface area contributed by atoms with Crippen molar-refractivity contribution in [1.29, 1.82) is 0 Å². The van der Waals surface area contributed by atoms with E-state index in [2.05, 4.69) is 33.9 Å². The average Bonchev–Trinajstić information content (AvgIpc) is 2.92. The van der Waals surface area contributed by atoms with Gasteiger partial charge in [0.05, 0.1) is 6.04 Å². The second kappa shape index (κ2) is 7.52. The highest BCUT2D eigenvalue weighted by Gasteiger charge is 2.60. The fourth-order valence-electron chi connectivity index (χ4n) is 3.86. The summed E-state index contributed by atoms with van der Waals surface area (Å²) in [5, 5.41) is -0.000373. The summed E-state index contributed by atoms with van der Waals surface area (Å²) in [5.74, 6) is -1.22. The second-order valence-electron chi connectivity index (χ2n) is 9.96. The van der Waals surface area contributed by atoms with Gasteiger partial charge in [-0.2, -0.15) is 0 Å². The van der Waals surface area contributed by atoms with Crippen LogP contribution in [0.3, 0.4) is 0 Å². The van der Waals surface area contributed by atoms with Crippen molar-refractivity contribution in [2.45, 2.75) is 89.8 Å². The van der Waals surface area contributed by atoms with Gasteiger partial charge >= 0.3 is 5.97 Å². The summed E-state index contributed by atoms with van der Waals surface area (Å²) in [4.78, 5) is 25.5. The number of hydrogen-bond acceptors (Lipinski definition) is 5. The van der Waals surface area contributed by atoms with Gasteiger partial charge in [-0.15, -0.1) is 0 Å². The molecule has 0 aromatic heterocycles. The van der Waals surface area contributed by atoms with Crippen molar-refractivity contribution in [2.75, 3.05) is 0 Å². The first-order chi connectivity index (χ1) is 13.3. The Hall–Kier alpha value is -1.70. The van der Waals surface area contributed by atoms with E-state index in [1.807, 2.05) is 34.9 Å². The lowest BCUT2D eigenvalue weighted by Crippen LogP contribution is -2.72. The van der Waals surface area contributed by atoms with Crippen LogP contribution in [0.15, 0.2) is 30.3 Å². The van der Waals surface area contributed by atoms with Crippen LogP contribution < -0.4 is 0 Å². The lowest BCUT2D eigenvalue weighted by atomic mass is 9.96. The molecular formula is C22H33NO5Si. The number of carbonyl (C=O) groups is 2. The third kappa shape index (κ3) is 4.27. The van der Waals surface area contributed by atoms with Crippen LogP contribution in [0.4, 0.5) is 0 Å². The Balaban J connectivity index is 1.77. The van der Waals surface area contributed by atoms with Gasteiger partial charge in [-0.25, -0.2) is 4.79 Å². The zero-order valence-corrected chi connectivity index (χ0v) is 19.5. The van der Waals surface area contributed by atoms with Crippen LogP contribution in [0, 0.1) is 0 Å². The maximum absolute atomic E-state index is 12.9. The van der Waals surface area contributed by atoms with E-state index < -0.39 is 32.2 Å².